The van der Waals surface area contributed by atoms with Crippen LogP contribution in [-0.2, 0) is 0 Å². The Morgan fingerprint density at radius 1 is 1.16 bits per heavy atom. The second-order valence-corrected chi connectivity index (χ2v) is 6.25. The molecule has 126 valence electrons. The molecule has 0 aliphatic heterocycles. The van der Waals surface area contributed by atoms with Crippen LogP contribution in [0.1, 0.15) is 20.8 Å². The van der Waals surface area contributed by atoms with Gasteiger partial charge in [0.1, 0.15) is 5.82 Å². The number of amides is 1. The summed E-state index contributed by atoms with van der Waals surface area (Å²) in [6.45, 7) is 0. The predicted molar refractivity (Wildman–Crippen MR) is 96.0 cm³/mol. The number of carbonyl (C=O) groups excluding carboxylic acids is 1. The molecule has 1 aromatic heterocycles. The highest BCUT2D eigenvalue weighted by molar-refractivity contribution is 14.1. The average molecular weight is 452 g/mol. The Morgan fingerprint density at radius 3 is 2.64 bits per heavy atom. The van der Waals surface area contributed by atoms with Gasteiger partial charge in [-0.2, -0.15) is 0 Å². The number of halogens is 2. The first kappa shape index (κ1) is 17.1. The first-order valence-electron chi connectivity index (χ1n) is 7.01. The molecule has 0 saturated heterocycles. The van der Waals surface area contributed by atoms with Crippen molar-refractivity contribution in [1.29, 1.82) is 0 Å². The lowest BCUT2D eigenvalue weighted by molar-refractivity contribution is 0.0698. The summed E-state index contributed by atoms with van der Waals surface area (Å²) >= 11 is 1.97. The number of nitrogens with zero attached hydrogens (tertiary/aromatic N) is 1. The third-order valence-corrected chi connectivity index (χ3v) is 4.01. The van der Waals surface area contributed by atoms with Crippen LogP contribution >= 0.6 is 22.6 Å². The molecule has 2 aromatic carbocycles. The van der Waals surface area contributed by atoms with Crippen LogP contribution in [0, 0.1) is 9.39 Å². The lowest BCUT2D eigenvalue weighted by atomic mass is 10.1. The van der Waals surface area contributed by atoms with Gasteiger partial charge in [-0.1, -0.05) is 17.3 Å². The molecule has 3 aromatic rings. The van der Waals surface area contributed by atoms with Crippen LogP contribution in [0.15, 0.2) is 53.1 Å². The summed E-state index contributed by atoms with van der Waals surface area (Å²) in [6, 6.07) is 11.8. The van der Waals surface area contributed by atoms with Gasteiger partial charge in [0.2, 0.25) is 0 Å². The number of carboxylic acids is 1. The largest absolute Gasteiger partial charge is 0.478 e. The maximum Gasteiger partial charge on any atom is 0.337 e. The highest BCUT2D eigenvalue weighted by atomic mass is 127. The molecule has 3 rings (SSSR count). The molecule has 1 heterocycles. The SMILES string of the molecule is O=C(Nc1ccc(I)cc1C(=O)O)c1cc(-c2ccccc2F)on1. The number of rotatable bonds is 4. The van der Waals surface area contributed by atoms with Gasteiger partial charge in [-0.05, 0) is 52.9 Å². The normalized spacial score (nSPS) is 10.5. The zero-order valence-electron chi connectivity index (χ0n) is 12.5. The van der Waals surface area contributed by atoms with Gasteiger partial charge in [-0.15, -0.1) is 0 Å². The number of hydrogen-bond donors (Lipinski definition) is 2. The molecule has 0 bridgehead atoms. The number of anilines is 1. The topological polar surface area (TPSA) is 92.4 Å². The molecule has 1 amide bonds. The van der Waals surface area contributed by atoms with E-state index >= 15 is 0 Å². The van der Waals surface area contributed by atoms with Gasteiger partial charge in [-0.25, -0.2) is 9.18 Å². The smallest absolute Gasteiger partial charge is 0.337 e. The third-order valence-electron chi connectivity index (χ3n) is 3.34. The van der Waals surface area contributed by atoms with Crippen LogP contribution in [0.5, 0.6) is 0 Å². The Morgan fingerprint density at radius 2 is 1.92 bits per heavy atom. The van der Waals surface area contributed by atoms with Crippen molar-refractivity contribution in [1.82, 2.24) is 5.16 Å². The molecular weight excluding hydrogens is 442 g/mol. The summed E-state index contributed by atoms with van der Waals surface area (Å²) in [7, 11) is 0. The van der Waals surface area contributed by atoms with Gasteiger partial charge in [0.05, 0.1) is 16.8 Å². The van der Waals surface area contributed by atoms with Crippen LogP contribution < -0.4 is 5.32 Å². The highest BCUT2D eigenvalue weighted by Gasteiger charge is 2.18. The summed E-state index contributed by atoms with van der Waals surface area (Å²) in [5.41, 5.74) is 0.175. The van der Waals surface area contributed by atoms with E-state index in [0.717, 1.165) is 3.57 Å². The number of hydrogen-bond acceptors (Lipinski definition) is 4. The standard InChI is InChI=1S/C17H10FIN2O4/c18-12-4-2-1-3-10(12)15-8-14(21-25-15)16(22)20-13-6-5-9(19)7-11(13)17(23)24/h1-8H,(H,20,22)(H,23,24). The van der Waals surface area contributed by atoms with Crippen LogP contribution in [0.25, 0.3) is 11.3 Å². The fraction of sp³-hybridized carbons (Fsp3) is 0. The monoisotopic (exact) mass is 452 g/mol. The van der Waals surface area contributed by atoms with Gasteiger partial charge >= 0.3 is 5.97 Å². The first-order valence-corrected chi connectivity index (χ1v) is 8.09. The number of benzene rings is 2. The lowest BCUT2D eigenvalue weighted by Gasteiger charge is -2.07. The van der Waals surface area contributed by atoms with Gasteiger partial charge < -0.3 is 14.9 Å². The van der Waals surface area contributed by atoms with E-state index in [1.807, 2.05) is 22.6 Å². The lowest BCUT2D eigenvalue weighted by Crippen LogP contribution is -2.15. The number of aromatic carboxylic acids is 1. The molecule has 0 atom stereocenters. The maximum absolute atomic E-state index is 13.8. The molecule has 0 spiro atoms. The van der Waals surface area contributed by atoms with Crippen LogP contribution in [0.4, 0.5) is 10.1 Å². The zero-order chi connectivity index (χ0) is 18.0. The Hall–Kier alpha value is -2.75. The minimum Gasteiger partial charge on any atom is -0.478 e. The fourth-order valence-corrected chi connectivity index (χ4v) is 2.65. The number of carbonyl (C=O) groups is 2. The molecule has 0 aliphatic rings. The maximum atomic E-state index is 13.8. The van der Waals surface area contributed by atoms with E-state index in [0.29, 0.717) is 0 Å². The van der Waals surface area contributed by atoms with Gasteiger partial charge in [0.15, 0.2) is 11.5 Å². The number of aromatic nitrogens is 1. The second kappa shape index (κ2) is 7.01. The first-order chi connectivity index (χ1) is 12.0. The molecule has 6 nitrogen and oxygen atoms in total. The van der Waals surface area contributed by atoms with E-state index in [4.69, 9.17) is 4.52 Å². The van der Waals surface area contributed by atoms with E-state index in [1.54, 1.807) is 12.1 Å². The summed E-state index contributed by atoms with van der Waals surface area (Å²) in [5.74, 6) is -2.23. The molecule has 0 aliphatic carbocycles. The van der Waals surface area contributed by atoms with Gasteiger partial charge in [-0.3, -0.25) is 4.79 Å². The number of nitrogens with one attached hydrogen (secondary N) is 1. The summed E-state index contributed by atoms with van der Waals surface area (Å²) in [6.07, 6.45) is 0. The molecular formula is C17H10FIN2O4. The van der Waals surface area contributed by atoms with Crippen molar-refractivity contribution in [2.24, 2.45) is 0 Å². The van der Waals surface area contributed by atoms with E-state index in [-0.39, 0.29) is 28.3 Å². The molecule has 25 heavy (non-hydrogen) atoms. The van der Waals surface area contributed by atoms with E-state index in [1.165, 1.54) is 36.4 Å². The molecule has 0 radical (unpaired) electrons. The van der Waals surface area contributed by atoms with Crippen molar-refractivity contribution in [3.8, 4) is 11.3 Å². The average Bonchev–Trinajstić information content (AvgIpc) is 3.06. The highest BCUT2D eigenvalue weighted by Crippen LogP contribution is 2.24. The van der Waals surface area contributed by atoms with E-state index in [9.17, 15) is 19.1 Å². The predicted octanol–water partition coefficient (Wildman–Crippen LogP) is 4.04. The van der Waals surface area contributed by atoms with E-state index in [2.05, 4.69) is 10.5 Å². The zero-order valence-corrected chi connectivity index (χ0v) is 14.7. The van der Waals surface area contributed by atoms with Gasteiger partial charge in [0.25, 0.3) is 5.91 Å². The minimum atomic E-state index is -1.17. The quantitative estimate of drug-likeness (QED) is 0.584. The van der Waals surface area contributed by atoms with Crippen LogP contribution in [-0.4, -0.2) is 22.1 Å². The second-order valence-electron chi connectivity index (χ2n) is 5.01. The van der Waals surface area contributed by atoms with Gasteiger partial charge in [0, 0.05) is 9.64 Å². The summed E-state index contributed by atoms with van der Waals surface area (Å²) in [4.78, 5) is 23.6. The molecule has 0 fully saturated rings. The van der Waals surface area contributed by atoms with Crippen LogP contribution in [0.3, 0.4) is 0 Å². The van der Waals surface area contributed by atoms with E-state index < -0.39 is 17.7 Å². The fourth-order valence-electron chi connectivity index (χ4n) is 2.16. The molecule has 0 saturated carbocycles. The summed E-state index contributed by atoms with van der Waals surface area (Å²) < 4.78 is 19.5. The molecule has 8 heteroatoms. The Balaban J connectivity index is 1.86. The van der Waals surface area contributed by atoms with Crippen molar-refractivity contribution in [3.05, 3.63) is 69.2 Å². The Bertz CT molecular complexity index is 971. The van der Waals surface area contributed by atoms with Crippen molar-refractivity contribution < 1.29 is 23.6 Å². The van der Waals surface area contributed by atoms with Crippen molar-refractivity contribution in [2.75, 3.05) is 5.32 Å². The van der Waals surface area contributed by atoms with Crippen LogP contribution in [0.2, 0.25) is 0 Å². The van der Waals surface area contributed by atoms with Crippen molar-refractivity contribution >= 4 is 40.2 Å². The Kier molecular flexibility index (Phi) is 4.79. The minimum absolute atomic E-state index is 0.0435. The summed E-state index contributed by atoms with van der Waals surface area (Å²) in [5, 5.41) is 15.3. The molecule has 0 unspecified atom stereocenters. The van der Waals surface area contributed by atoms with Crippen molar-refractivity contribution in [2.45, 2.75) is 0 Å². The van der Waals surface area contributed by atoms with Crippen molar-refractivity contribution in [3.63, 3.8) is 0 Å². The number of carboxylic acid groups (broad SMARTS) is 1. The third kappa shape index (κ3) is 3.68. The Labute approximate surface area is 154 Å². The molecule has 2 N–H and O–H groups in total.